The number of carbonyl (C=O) groups is 1. The Bertz CT molecular complexity index is 545. The number of rotatable bonds is 0. The van der Waals surface area contributed by atoms with Gasteiger partial charge < -0.3 is 4.57 Å². The van der Waals surface area contributed by atoms with E-state index in [1.54, 1.807) is 0 Å². The first-order valence-electron chi connectivity index (χ1n) is 4.80. The maximum atomic E-state index is 11.4. The molecular weight excluding hydrogens is 192 g/mol. The second-order valence-electron chi connectivity index (χ2n) is 3.57. The van der Waals surface area contributed by atoms with Crippen LogP contribution < -0.4 is 10.9 Å². The van der Waals surface area contributed by atoms with Gasteiger partial charge in [-0.05, 0) is 12.1 Å². The number of fused-ring (bicyclic) bond motifs is 3. The molecule has 1 amide bonds. The van der Waals surface area contributed by atoms with Crippen molar-refractivity contribution in [1.82, 2.24) is 9.55 Å². The van der Waals surface area contributed by atoms with Crippen LogP contribution in [0.5, 0.6) is 0 Å². The summed E-state index contributed by atoms with van der Waals surface area (Å²) < 4.78 is 1.97. The van der Waals surface area contributed by atoms with Crippen molar-refractivity contribution in [1.29, 1.82) is 0 Å². The summed E-state index contributed by atoms with van der Waals surface area (Å²) in [6, 6.07) is 7.77. The van der Waals surface area contributed by atoms with Crippen LogP contribution in [0, 0.1) is 0 Å². The van der Waals surface area contributed by atoms with Gasteiger partial charge in [-0.3, -0.25) is 4.79 Å². The van der Waals surface area contributed by atoms with E-state index in [2.05, 4.69) is 4.98 Å². The van der Waals surface area contributed by atoms with Crippen LogP contribution in [0.15, 0.2) is 24.3 Å². The normalized spacial score (nSPS) is 15.8. The van der Waals surface area contributed by atoms with Crippen molar-refractivity contribution in [2.75, 3.05) is 5.01 Å². The van der Waals surface area contributed by atoms with Crippen LogP contribution in [-0.2, 0) is 11.3 Å². The number of benzene rings is 1. The summed E-state index contributed by atoms with van der Waals surface area (Å²) >= 11 is 0. The number of hydrogen-bond acceptors (Lipinski definition) is 3. The maximum Gasteiger partial charge on any atom is 0.245 e. The van der Waals surface area contributed by atoms with Gasteiger partial charge in [0.25, 0.3) is 0 Å². The molecule has 1 aliphatic rings. The number of amides is 1. The Balaban J connectivity index is 2.31. The van der Waals surface area contributed by atoms with E-state index in [4.69, 9.17) is 5.84 Å². The number of carbonyl (C=O) groups excluding carboxylic acids is 1. The van der Waals surface area contributed by atoms with Crippen molar-refractivity contribution in [3.05, 3.63) is 24.3 Å². The average molecular weight is 202 g/mol. The minimum absolute atomic E-state index is 0.0854. The lowest BCUT2D eigenvalue weighted by molar-refractivity contribution is -0.119. The molecule has 0 saturated carbocycles. The largest absolute Gasteiger partial charge is 0.308 e. The molecule has 0 bridgehead atoms. The van der Waals surface area contributed by atoms with Crippen LogP contribution >= 0.6 is 0 Å². The van der Waals surface area contributed by atoms with E-state index in [0.29, 0.717) is 18.9 Å². The molecule has 2 heterocycles. The minimum atomic E-state index is -0.0854. The van der Waals surface area contributed by atoms with E-state index < -0.39 is 0 Å². The van der Waals surface area contributed by atoms with Gasteiger partial charge in [-0.1, -0.05) is 12.1 Å². The van der Waals surface area contributed by atoms with E-state index in [1.165, 1.54) is 0 Å². The van der Waals surface area contributed by atoms with Gasteiger partial charge in [0.05, 0.1) is 11.0 Å². The monoisotopic (exact) mass is 202 g/mol. The summed E-state index contributed by atoms with van der Waals surface area (Å²) in [5.74, 6) is 6.10. The predicted octanol–water partition coefficient (Wildman–Crippen LogP) is 0.647. The van der Waals surface area contributed by atoms with Gasteiger partial charge in [-0.25, -0.2) is 15.8 Å². The zero-order valence-corrected chi connectivity index (χ0v) is 8.05. The average Bonchev–Trinajstić information content (AvgIpc) is 2.63. The van der Waals surface area contributed by atoms with Crippen LogP contribution in [-0.4, -0.2) is 15.5 Å². The molecule has 1 aromatic carbocycles. The minimum Gasteiger partial charge on any atom is -0.308 e. The van der Waals surface area contributed by atoms with Crippen LogP contribution in [0.3, 0.4) is 0 Å². The third-order valence-electron chi connectivity index (χ3n) is 2.67. The number of aryl methyl sites for hydroxylation is 1. The van der Waals surface area contributed by atoms with Gasteiger partial charge in [0.1, 0.15) is 0 Å². The summed E-state index contributed by atoms with van der Waals surface area (Å²) in [4.78, 5) is 15.7. The van der Waals surface area contributed by atoms with Gasteiger partial charge in [-0.2, -0.15) is 0 Å². The van der Waals surface area contributed by atoms with Crippen molar-refractivity contribution in [3.63, 3.8) is 0 Å². The molecule has 15 heavy (non-hydrogen) atoms. The first kappa shape index (κ1) is 8.43. The van der Waals surface area contributed by atoms with Crippen molar-refractivity contribution >= 4 is 22.9 Å². The van der Waals surface area contributed by atoms with Crippen molar-refractivity contribution in [2.24, 2.45) is 5.84 Å². The Hall–Kier alpha value is -1.88. The van der Waals surface area contributed by atoms with Gasteiger partial charge in [0.15, 0.2) is 0 Å². The first-order chi connectivity index (χ1) is 7.27. The molecule has 1 aromatic heterocycles. The van der Waals surface area contributed by atoms with Gasteiger partial charge in [-0.15, -0.1) is 0 Å². The van der Waals surface area contributed by atoms with Crippen LogP contribution in [0.25, 0.3) is 11.0 Å². The smallest absolute Gasteiger partial charge is 0.245 e. The summed E-state index contributed by atoms with van der Waals surface area (Å²) in [6.45, 7) is 0.655. The number of nitrogens with zero attached hydrogens (tertiary/aromatic N) is 3. The number of hydrogen-bond donors (Lipinski definition) is 1. The molecule has 5 heteroatoms. The summed E-state index contributed by atoms with van der Waals surface area (Å²) in [6.07, 6.45) is 0.434. The Morgan fingerprint density at radius 2 is 2.13 bits per heavy atom. The number of imidazole rings is 1. The van der Waals surface area contributed by atoms with Crippen LogP contribution in [0.2, 0.25) is 0 Å². The number of nitrogens with two attached hydrogens (primary N) is 1. The van der Waals surface area contributed by atoms with Gasteiger partial charge in [0, 0.05) is 13.0 Å². The topological polar surface area (TPSA) is 64.2 Å². The van der Waals surface area contributed by atoms with Gasteiger partial charge in [0.2, 0.25) is 11.9 Å². The highest BCUT2D eigenvalue weighted by Gasteiger charge is 2.24. The molecule has 1 aliphatic heterocycles. The van der Waals surface area contributed by atoms with Crippen molar-refractivity contribution < 1.29 is 4.79 Å². The van der Waals surface area contributed by atoms with E-state index in [9.17, 15) is 4.79 Å². The molecule has 0 aliphatic carbocycles. The Morgan fingerprint density at radius 1 is 1.33 bits per heavy atom. The van der Waals surface area contributed by atoms with Crippen molar-refractivity contribution in [3.8, 4) is 0 Å². The van der Waals surface area contributed by atoms with Crippen LogP contribution in [0.4, 0.5) is 5.95 Å². The highest BCUT2D eigenvalue weighted by Crippen LogP contribution is 2.24. The zero-order chi connectivity index (χ0) is 10.4. The molecule has 0 fully saturated rings. The molecule has 5 nitrogen and oxygen atoms in total. The lowest BCUT2D eigenvalue weighted by Crippen LogP contribution is -2.43. The number of para-hydroxylation sites is 2. The summed E-state index contributed by atoms with van der Waals surface area (Å²) in [5.41, 5.74) is 1.90. The summed E-state index contributed by atoms with van der Waals surface area (Å²) in [7, 11) is 0. The van der Waals surface area contributed by atoms with E-state index in [1.807, 2.05) is 28.8 Å². The summed E-state index contributed by atoms with van der Waals surface area (Å²) in [5, 5.41) is 1.13. The fraction of sp³-hybridized carbons (Fsp3) is 0.200. The van der Waals surface area contributed by atoms with E-state index in [-0.39, 0.29) is 5.91 Å². The molecule has 2 aromatic rings. The van der Waals surface area contributed by atoms with Crippen molar-refractivity contribution in [2.45, 2.75) is 13.0 Å². The predicted molar refractivity (Wildman–Crippen MR) is 56.0 cm³/mol. The zero-order valence-electron chi connectivity index (χ0n) is 8.05. The molecule has 0 spiro atoms. The Labute approximate surface area is 86.1 Å². The SMILES string of the molecule is NN1C(=O)CCn2c1nc1ccccc12. The molecule has 3 rings (SSSR count). The molecule has 0 radical (unpaired) electrons. The third-order valence-corrected chi connectivity index (χ3v) is 2.67. The number of anilines is 1. The number of aromatic nitrogens is 2. The fourth-order valence-corrected chi connectivity index (χ4v) is 1.91. The van der Waals surface area contributed by atoms with E-state index in [0.717, 1.165) is 16.0 Å². The molecule has 0 atom stereocenters. The fourth-order valence-electron chi connectivity index (χ4n) is 1.91. The lowest BCUT2D eigenvalue weighted by Gasteiger charge is -2.22. The van der Waals surface area contributed by atoms with E-state index >= 15 is 0 Å². The molecule has 76 valence electrons. The Kier molecular flexibility index (Phi) is 1.58. The first-order valence-corrected chi connectivity index (χ1v) is 4.80. The molecule has 0 saturated heterocycles. The standard InChI is InChI=1S/C10H10N4O/c11-14-9(15)5-6-13-8-4-2-1-3-7(8)12-10(13)14/h1-4H,5-6,11H2. The quantitative estimate of drug-likeness (QED) is 0.504. The molecular formula is C10H10N4O. The molecule has 0 unspecified atom stereocenters. The van der Waals surface area contributed by atoms with Gasteiger partial charge >= 0.3 is 0 Å². The highest BCUT2D eigenvalue weighted by atomic mass is 16.2. The second kappa shape index (κ2) is 2.80. The second-order valence-corrected chi connectivity index (χ2v) is 3.57. The number of hydrazine groups is 1. The molecule has 2 N–H and O–H groups in total. The lowest BCUT2D eigenvalue weighted by atomic mass is 10.3. The maximum absolute atomic E-state index is 11.4. The Morgan fingerprint density at radius 3 is 3.00 bits per heavy atom. The third kappa shape index (κ3) is 1.07. The van der Waals surface area contributed by atoms with Crippen LogP contribution in [0.1, 0.15) is 6.42 Å². The highest BCUT2D eigenvalue weighted by molar-refractivity contribution is 5.94.